The number of aryl methyl sites for hydroxylation is 1. The summed E-state index contributed by atoms with van der Waals surface area (Å²) < 4.78 is 6.12. The molecule has 21 heavy (non-hydrogen) atoms. The van der Waals surface area contributed by atoms with Crippen LogP contribution in [0.1, 0.15) is 36.5 Å². The molecule has 0 spiro atoms. The Morgan fingerprint density at radius 3 is 2.57 bits per heavy atom. The Bertz CT molecular complexity index is 623. The molecular weight excluding hydrogens is 282 g/mol. The first-order valence-corrected chi connectivity index (χ1v) is 7.66. The van der Waals surface area contributed by atoms with Crippen LogP contribution in [0.4, 0.5) is 0 Å². The fraction of sp³-hybridized carbons (Fsp3) is 0.333. The lowest BCUT2D eigenvalue weighted by Gasteiger charge is -2.15. The van der Waals surface area contributed by atoms with Crippen LogP contribution >= 0.6 is 11.6 Å². The molecule has 3 heteroatoms. The van der Waals surface area contributed by atoms with Gasteiger partial charge in [-0.3, -0.25) is 0 Å². The van der Waals surface area contributed by atoms with Gasteiger partial charge in [0.1, 0.15) is 11.5 Å². The van der Waals surface area contributed by atoms with Gasteiger partial charge in [-0.05, 0) is 55.1 Å². The van der Waals surface area contributed by atoms with Gasteiger partial charge in [0.2, 0.25) is 0 Å². The van der Waals surface area contributed by atoms with Crippen LogP contribution in [-0.4, -0.2) is 6.54 Å². The van der Waals surface area contributed by atoms with E-state index in [-0.39, 0.29) is 0 Å². The molecule has 0 atom stereocenters. The van der Waals surface area contributed by atoms with Crippen LogP contribution in [0.5, 0.6) is 11.5 Å². The second-order valence-corrected chi connectivity index (χ2v) is 5.94. The highest BCUT2D eigenvalue weighted by Crippen LogP contribution is 2.33. The highest BCUT2D eigenvalue weighted by molar-refractivity contribution is 6.31. The van der Waals surface area contributed by atoms with Crippen LogP contribution in [0.3, 0.4) is 0 Å². The van der Waals surface area contributed by atoms with Gasteiger partial charge >= 0.3 is 0 Å². The number of ether oxygens (including phenoxy) is 1. The molecule has 2 aromatic rings. The number of halogens is 1. The summed E-state index contributed by atoms with van der Waals surface area (Å²) in [6.45, 7) is 6.94. The summed E-state index contributed by atoms with van der Waals surface area (Å²) in [4.78, 5) is 0. The maximum absolute atomic E-state index is 6.26. The van der Waals surface area contributed by atoms with Crippen LogP contribution in [-0.2, 0) is 6.42 Å². The average Bonchev–Trinajstić information content (AvgIpc) is 2.44. The molecule has 0 fully saturated rings. The largest absolute Gasteiger partial charge is 0.457 e. The van der Waals surface area contributed by atoms with Gasteiger partial charge in [-0.25, -0.2) is 0 Å². The fourth-order valence-electron chi connectivity index (χ4n) is 2.23. The minimum absolute atomic E-state index is 0.468. The molecule has 0 aliphatic heterocycles. The zero-order valence-corrected chi connectivity index (χ0v) is 13.6. The number of nitrogens with two attached hydrogens (primary N) is 1. The zero-order valence-electron chi connectivity index (χ0n) is 12.8. The van der Waals surface area contributed by atoms with E-state index in [2.05, 4.69) is 32.0 Å². The molecule has 2 aromatic carbocycles. The zero-order chi connectivity index (χ0) is 15.4. The van der Waals surface area contributed by atoms with Crippen molar-refractivity contribution < 1.29 is 4.74 Å². The lowest BCUT2D eigenvalue weighted by Crippen LogP contribution is -2.05. The van der Waals surface area contributed by atoms with Gasteiger partial charge in [0.25, 0.3) is 0 Å². The van der Waals surface area contributed by atoms with Crippen LogP contribution in [0.15, 0.2) is 36.4 Å². The van der Waals surface area contributed by atoms with Gasteiger partial charge in [0.05, 0.1) is 0 Å². The molecule has 2 nitrogen and oxygen atoms in total. The van der Waals surface area contributed by atoms with E-state index in [9.17, 15) is 0 Å². The molecule has 2 N–H and O–H groups in total. The predicted octanol–water partition coefficient (Wildman–Crippen LogP) is 5.07. The molecule has 0 heterocycles. The summed E-state index contributed by atoms with van der Waals surface area (Å²) >= 11 is 6.26. The first kappa shape index (κ1) is 15.9. The van der Waals surface area contributed by atoms with E-state index in [1.807, 2.05) is 25.1 Å². The minimum atomic E-state index is 0.468. The third kappa shape index (κ3) is 3.78. The summed E-state index contributed by atoms with van der Waals surface area (Å²) in [5, 5.41) is 0.704. The summed E-state index contributed by atoms with van der Waals surface area (Å²) in [5.41, 5.74) is 9.01. The maximum atomic E-state index is 6.26. The summed E-state index contributed by atoms with van der Waals surface area (Å²) in [7, 11) is 0. The van der Waals surface area contributed by atoms with E-state index >= 15 is 0 Å². The Balaban J connectivity index is 2.38. The van der Waals surface area contributed by atoms with Crippen molar-refractivity contribution in [1.82, 2.24) is 0 Å². The molecule has 0 radical (unpaired) electrons. The van der Waals surface area contributed by atoms with Crippen LogP contribution in [0, 0.1) is 6.92 Å². The van der Waals surface area contributed by atoms with E-state index in [4.69, 9.17) is 22.1 Å². The lowest BCUT2D eigenvalue weighted by atomic mass is 10.0. The number of benzene rings is 2. The quantitative estimate of drug-likeness (QED) is 0.837. The molecule has 112 valence electrons. The van der Waals surface area contributed by atoms with E-state index in [1.165, 1.54) is 5.56 Å². The van der Waals surface area contributed by atoms with Crippen molar-refractivity contribution in [2.45, 2.75) is 33.1 Å². The van der Waals surface area contributed by atoms with Crippen molar-refractivity contribution in [1.29, 1.82) is 0 Å². The van der Waals surface area contributed by atoms with Crippen LogP contribution in [0.2, 0.25) is 5.02 Å². The Hall–Kier alpha value is -1.51. The molecule has 0 bridgehead atoms. The molecule has 0 aliphatic rings. The van der Waals surface area contributed by atoms with Gasteiger partial charge in [0.15, 0.2) is 0 Å². The minimum Gasteiger partial charge on any atom is -0.457 e. The van der Waals surface area contributed by atoms with Crippen molar-refractivity contribution in [2.24, 2.45) is 5.73 Å². The van der Waals surface area contributed by atoms with Gasteiger partial charge in [-0.1, -0.05) is 43.6 Å². The SMILES string of the molecule is Cc1ccc(C(C)C)cc1Oc1cccc(Cl)c1CCN. The standard InChI is InChI=1S/C18H22ClNO/c1-12(2)14-8-7-13(3)18(11-14)21-17-6-4-5-16(19)15(17)9-10-20/h4-8,11-12H,9-10,20H2,1-3H3. The van der Waals surface area contributed by atoms with Gasteiger partial charge in [-0.2, -0.15) is 0 Å². The monoisotopic (exact) mass is 303 g/mol. The summed E-state index contributed by atoms with van der Waals surface area (Å²) in [5.74, 6) is 2.13. The van der Waals surface area contributed by atoms with Crippen LogP contribution < -0.4 is 10.5 Å². The van der Waals surface area contributed by atoms with Gasteiger partial charge in [-0.15, -0.1) is 0 Å². The van der Waals surface area contributed by atoms with Crippen molar-refractivity contribution in [2.75, 3.05) is 6.54 Å². The molecular formula is C18H22ClNO. The first-order valence-electron chi connectivity index (χ1n) is 7.28. The van der Waals surface area contributed by atoms with Gasteiger partial charge in [0, 0.05) is 10.6 Å². The predicted molar refractivity (Wildman–Crippen MR) is 89.6 cm³/mol. The second-order valence-electron chi connectivity index (χ2n) is 5.54. The van der Waals surface area contributed by atoms with Crippen molar-refractivity contribution in [3.05, 3.63) is 58.1 Å². The molecule has 0 saturated carbocycles. The Morgan fingerprint density at radius 1 is 1.14 bits per heavy atom. The third-order valence-electron chi connectivity index (χ3n) is 3.57. The van der Waals surface area contributed by atoms with E-state index in [0.29, 0.717) is 23.9 Å². The average molecular weight is 304 g/mol. The smallest absolute Gasteiger partial charge is 0.132 e. The van der Waals surface area contributed by atoms with Crippen molar-refractivity contribution in [3.8, 4) is 11.5 Å². The molecule has 0 amide bonds. The normalized spacial score (nSPS) is 11.0. The van der Waals surface area contributed by atoms with E-state index < -0.39 is 0 Å². The fourth-order valence-corrected chi connectivity index (χ4v) is 2.49. The molecule has 0 aromatic heterocycles. The number of hydrogen-bond acceptors (Lipinski definition) is 2. The van der Waals surface area contributed by atoms with E-state index in [0.717, 1.165) is 22.6 Å². The first-order chi connectivity index (χ1) is 10.0. The third-order valence-corrected chi connectivity index (χ3v) is 3.92. The Labute approximate surface area is 131 Å². The highest BCUT2D eigenvalue weighted by atomic mass is 35.5. The van der Waals surface area contributed by atoms with Crippen molar-refractivity contribution >= 4 is 11.6 Å². The maximum Gasteiger partial charge on any atom is 0.132 e. The number of hydrogen-bond donors (Lipinski definition) is 1. The highest BCUT2D eigenvalue weighted by Gasteiger charge is 2.11. The lowest BCUT2D eigenvalue weighted by molar-refractivity contribution is 0.471. The topological polar surface area (TPSA) is 35.2 Å². The summed E-state index contributed by atoms with van der Waals surface area (Å²) in [6.07, 6.45) is 0.706. The van der Waals surface area contributed by atoms with Gasteiger partial charge < -0.3 is 10.5 Å². The Morgan fingerprint density at radius 2 is 1.90 bits per heavy atom. The van der Waals surface area contributed by atoms with E-state index in [1.54, 1.807) is 0 Å². The Kier molecular flexibility index (Phi) is 5.27. The molecule has 2 rings (SSSR count). The van der Waals surface area contributed by atoms with Crippen LogP contribution in [0.25, 0.3) is 0 Å². The van der Waals surface area contributed by atoms with Crippen molar-refractivity contribution in [3.63, 3.8) is 0 Å². The molecule has 0 saturated heterocycles. The molecule has 0 unspecified atom stereocenters. The second kappa shape index (κ2) is 6.97. The number of rotatable bonds is 5. The molecule has 0 aliphatic carbocycles. The summed E-state index contributed by atoms with van der Waals surface area (Å²) in [6, 6.07) is 12.1.